The van der Waals surface area contributed by atoms with Crippen molar-refractivity contribution >= 4 is 0 Å². The molecule has 1 unspecified atom stereocenters. The van der Waals surface area contributed by atoms with E-state index in [1.807, 2.05) is 0 Å². The van der Waals surface area contributed by atoms with Crippen LogP contribution >= 0.6 is 0 Å². The molecule has 30 heavy (non-hydrogen) atoms. The Bertz CT molecular complexity index is 349. The Kier molecular flexibility index (Phi) is 26.1. The summed E-state index contributed by atoms with van der Waals surface area (Å²) in [6.45, 7) is 4.54. The summed E-state index contributed by atoms with van der Waals surface area (Å²) >= 11 is -3.41. The molecule has 0 heterocycles. The van der Waals surface area contributed by atoms with Crippen molar-refractivity contribution in [2.45, 2.75) is 168 Å². The fourth-order valence-electron chi connectivity index (χ4n) is 4.30. The van der Waals surface area contributed by atoms with Crippen LogP contribution in [0.5, 0.6) is 0 Å². The molecule has 0 aromatic carbocycles. The third-order valence-electron chi connectivity index (χ3n) is 6.28. The minimum atomic E-state index is -3.41. The number of unbranched alkanes of at least 4 members (excludes halogenated alkanes) is 19. The fraction of sp³-hybridized carbons (Fsp3) is 1.00. The van der Waals surface area contributed by atoms with Crippen molar-refractivity contribution in [2.75, 3.05) is 0 Å². The predicted octanol–water partition coefficient (Wildman–Crippen LogP) is 9.17. The average Bonchev–Trinajstić information content (AvgIpc) is 2.72. The third-order valence-corrected chi connectivity index (χ3v) is 7.11. The van der Waals surface area contributed by atoms with E-state index in [0.29, 0.717) is 0 Å². The monoisotopic (exact) mass is 462 g/mol. The van der Waals surface area contributed by atoms with E-state index in [9.17, 15) is 7.01 Å². The van der Waals surface area contributed by atoms with Gasteiger partial charge in [-0.05, 0) is 0 Å². The first-order valence-corrected chi connectivity index (χ1v) is 15.6. The average molecular weight is 463 g/mol. The van der Waals surface area contributed by atoms with E-state index in [1.165, 1.54) is 122 Å². The van der Waals surface area contributed by atoms with Gasteiger partial charge in [0.2, 0.25) is 0 Å². The Balaban J connectivity index is 3.55. The van der Waals surface area contributed by atoms with Crippen LogP contribution in [-0.4, -0.2) is 9.79 Å². The SMILES string of the molecule is CCCCCCCCCCCCCC(CCCCCCCCCCCC)[O][Ti](=[O])[OH]. The molecule has 0 amide bonds. The van der Waals surface area contributed by atoms with Crippen molar-refractivity contribution in [2.24, 2.45) is 0 Å². The maximum atomic E-state index is 11.2. The number of hydrogen-bond acceptors (Lipinski definition) is 2. The van der Waals surface area contributed by atoms with Crippen LogP contribution in [0, 0.1) is 0 Å². The molecule has 0 radical (unpaired) electrons. The molecule has 0 rings (SSSR count). The Morgan fingerprint density at radius 1 is 0.533 bits per heavy atom. The molecule has 0 aliphatic rings. The first kappa shape index (κ1) is 30.4. The van der Waals surface area contributed by atoms with Crippen LogP contribution in [-0.2, 0) is 25.3 Å². The second kappa shape index (κ2) is 25.7. The van der Waals surface area contributed by atoms with Crippen LogP contribution in [0.25, 0.3) is 0 Å². The zero-order valence-corrected chi connectivity index (χ0v) is 22.2. The summed E-state index contributed by atoms with van der Waals surface area (Å²) in [6.07, 6.45) is 30.0. The fourth-order valence-corrected chi connectivity index (χ4v) is 5.11. The van der Waals surface area contributed by atoms with Gasteiger partial charge in [0.15, 0.2) is 0 Å². The van der Waals surface area contributed by atoms with Gasteiger partial charge in [0.1, 0.15) is 0 Å². The van der Waals surface area contributed by atoms with Crippen molar-refractivity contribution in [1.82, 2.24) is 0 Å². The molecule has 4 heteroatoms. The summed E-state index contributed by atoms with van der Waals surface area (Å²) in [6, 6.07) is 0. The quantitative estimate of drug-likeness (QED) is 0.109. The maximum absolute atomic E-state index is 11.2. The standard InChI is InChI=1S/C26H53O.H2O.O.Ti/c1-3-5-7-9-11-13-15-17-19-21-23-25-26(27)24-22-20-18-16-14-12-10-8-6-4-2;;;/h26H,3-25H2,1-2H3;1H2;;/q-1;;;+2/p-1. The van der Waals surface area contributed by atoms with Crippen molar-refractivity contribution in [3.63, 3.8) is 0 Å². The van der Waals surface area contributed by atoms with Gasteiger partial charge in [-0.25, -0.2) is 0 Å². The first-order chi connectivity index (χ1) is 14.7. The number of rotatable bonds is 25. The van der Waals surface area contributed by atoms with Gasteiger partial charge in [-0.2, -0.15) is 0 Å². The molecule has 0 aromatic rings. The predicted molar refractivity (Wildman–Crippen MR) is 125 cm³/mol. The minimum absolute atomic E-state index is 0.0232. The van der Waals surface area contributed by atoms with Crippen molar-refractivity contribution in [3.8, 4) is 0 Å². The van der Waals surface area contributed by atoms with Gasteiger partial charge in [-0.1, -0.05) is 33.1 Å². The third kappa shape index (κ3) is 24.7. The summed E-state index contributed by atoms with van der Waals surface area (Å²) < 4.78 is 25.9. The van der Waals surface area contributed by atoms with E-state index in [2.05, 4.69) is 13.8 Å². The Morgan fingerprint density at radius 2 is 0.800 bits per heavy atom. The van der Waals surface area contributed by atoms with Gasteiger partial charge in [-0.15, -0.1) is 0 Å². The molecule has 0 spiro atoms. The molecule has 0 aliphatic carbocycles. The van der Waals surface area contributed by atoms with Gasteiger partial charge < -0.3 is 0 Å². The molecule has 0 fully saturated rings. The van der Waals surface area contributed by atoms with E-state index >= 15 is 0 Å². The summed E-state index contributed by atoms with van der Waals surface area (Å²) in [5.41, 5.74) is 0. The van der Waals surface area contributed by atoms with Gasteiger partial charge in [-0.3, -0.25) is 0 Å². The van der Waals surface area contributed by atoms with Gasteiger partial charge in [0.05, 0.1) is 0 Å². The molecular formula is C26H54O3Ti. The molecule has 1 N–H and O–H groups in total. The molecule has 0 aromatic heterocycles. The van der Waals surface area contributed by atoms with Crippen LogP contribution in [0.15, 0.2) is 0 Å². The molecule has 0 aliphatic heterocycles. The van der Waals surface area contributed by atoms with Gasteiger partial charge >= 0.3 is 163 Å². The molecular weight excluding hydrogens is 408 g/mol. The summed E-state index contributed by atoms with van der Waals surface area (Å²) in [4.78, 5) is 0. The summed E-state index contributed by atoms with van der Waals surface area (Å²) in [7, 11) is 0. The number of hydrogen-bond donors (Lipinski definition) is 1. The molecule has 3 nitrogen and oxygen atoms in total. The van der Waals surface area contributed by atoms with Crippen LogP contribution in [0.2, 0.25) is 0 Å². The summed E-state index contributed by atoms with van der Waals surface area (Å²) in [5.74, 6) is 0. The normalized spacial score (nSPS) is 12.4. The van der Waals surface area contributed by atoms with Crippen LogP contribution in [0.3, 0.4) is 0 Å². The molecule has 0 saturated heterocycles. The second-order valence-electron chi connectivity index (χ2n) is 9.30. The second-order valence-corrected chi connectivity index (χ2v) is 10.5. The van der Waals surface area contributed by atoms with Crippen molar-refractivity contribution in [3.05, 3.63) is 0 Å². The van der Waals surface area contributed by atoms with E-state index in [1.54, 1.807) is 0 Å². The Hall–Kier alpha value is 0.434. The topological polar surface area (TPSA) is 46.5 Å². The van der Waals surface area contributed by atoms with Crippen LogP contribution in [0.4, 0.5) is 0 Å². The molecule has 1 atom stereocenters. The zero-order chi connectivity index (χ0) is 22.1. The van der Waals surface area contributed by atoms with E-state index < -0.39 is 18.6 Å². The van der Waals surface area contributed by atoms with E-state index in [4.69, 9.17) is 3.32 Å². The zero-order valence-electron chi connectivity index (χ0n) is 20.6. The Morgan fingerprint density at radius 3 is 1.07 bits per heavy atom. The molecule has 0 bridgehead atoms. The van der Waals surface area contributed by atoms with E-state index in [0.717, 1.165) is 25.7 Å². The first-order valence-electron chi connectivity index (χ1n) is 13.6. The Labute approximate surface area is 196 Å². The van der Waals surface area contributed by atoms with Crippen molar-refractivity contribution in [1.29, 1.82) is 0 Å². The van der Waals surface area contributed by atoms with Gasteiger partial charge in [0, 0.05) is 0 Å². The van der Waals surface area contributed by atoms with Crippen molar-refractivity contribution < 1.29 is 28.9 Å². The summed E-state index contributed by atoms with van der Waals surface area (Å²) in [5, 5.41) is 0. The van der Waals surface area contributed by atoms with E-state index in [-0.39, 0.29) is 6.10 Å². The molecule has 0 saturated carbocycles. The van der Waals surface area contributed by atoms with Crippen LogP contribution < -0.4 is 0 Å². The van der Waals surface area contributed by atoms with Crippen LogP contribution in [0.1, 0.15) is 162 Å². The molecule has 180 valence electrons. The van der Waals surface area contributed by atoms with Gasteiger partial charge in [0.25, 0.3) is 0 Å².